The van der Waals surface area contributed by atoms with Crippen molar-refractivity contribution >= 4 is 15.8 Å². The predicted molar refractivity (Wildman–Crippen MR) is 100 cm³/mol. The molecule has 2 unspecified atom stereocenters. The first-order valence-corrected chi connectivity index (χ1v) is 11.8. The van der Waals surface area contributed by atoms with E-state index in [1.807, 2.05) is 11.9 Å². The van der Waals surface area contributed by atoms with Crippen LogP contribution in [0.2, 0.25) is 0 Å². The van der Waals surface area contributed by atoms with Crippen LogP contribution in [0.5, 0.6) is 0 Å². The lowest BCUT2D eigenvalue weighted by atomic mass is 10.1. The van der Waals surface area contributed by atoms with Gasteiger partial charge in [-0.25, -0.2) is 8.42 Å². The zero-order chi connectivity index (χ0) is 18.1. The number of rotatable bonds is 7. The van der Waals surface area contributed by atoms with E-state index in [0.717, 1.165) is 50.1 Å². The number of aromatic nitrogens is 3. The van der Waals surface area contributed by atoms with Crippen molar-refractivity contribution in [2.45, 2.75) is 70.1 Å². The van der Waals surface area contributed by atoms with Gasteiger partial charge < -0.3 is 9.64 Å². The molecule has 3 aliphatic rings. The highest BCUT2D eigenvalue weighted by Crippen LogP contribution is 2.33. The summed E-state index contributed by atoms with van der Waals surface area (Å²) >= 11 is 0. The van der Waals surface area contributed by atoms with Crippen molar-refractivity contribution in [1.82, 2.24) is 14.8 Å². The van der Waals surface area contributed by atoms with E-state index in [9.17, 15) is 8.42 Å². The minimum atomic E-state index is -2.91. The van der Waals surface area contributed by atoms with Gasteiger partial charge in [0.2, 0.25) is 5.95 Å². The number of anilines is 1. The van der Waals surface area contributed by atoms with E-state index < -0.39 is 9.84 Å². The van der Waals surface area contributed by atoms with E-state index in [2.05, 4.69) is 14.8 Å². The summed E-state index contributed by atoms with van der Waals surface area (Å²) in [4.78, 5) is 2.04. The van der Waals surface area contributed by atoms with Crippen molar-refractivity contribution in [2.75, 3.05) is 30.1 Å². The van der Waals surface area contributed by atoms with Crippen molar-refractivity contribution in [3.8, 4) is 0 Å². The lowest BCUT2D eigenvalue weighted by Crippen LogP contribution is -2.35. The average Bonchev–Trinajstić information content (AvgIpc) is 3.24. The van der Waals surface area contributed by atoms with Gasteiger partial charge in [-0.1, -0.05) is 0 Å². The van der Waals surface area contributed by atoms with Crippen LogP contribution in [0.3, 0.4) is 0 Å². The average molecular weight is 383 g/mol. The second-order valence-corrected chi connectivity index (χ2v) is 10.4. The molecule has 0 radical (unpaired) electrons. The first kappa shape index (κ1) is 18.2. The fourth-order valence-corrected chi connectivity index (χ4v) is 5.87. The third-order valence-electron chi connectivity index (χ3n) is 6.00. The quantitative estimate of drug-likeness (QED) is 0.716. The summed E-state index contributed by atoms with van der Waals surface area (Å²) in [6.45, 7) is 1.72. The molecule has 8 heteroatoms. The molecular formula is C18H30N4O3S. The topological polar surface area (TPSA) is 77.3 Å². The maximum Gasteiger partial charge on any atom is 0.227 e. The van der Waals surface area contributed by atoms with E-state index >= 15 is 0 Å². The Labute approximate surface area is 156 Å². The normalized spacial score (nSPS) is 28.3. The van der Waals surface area contributed by atoms with Gasteiger partial charge in [-0.3, -0.25) is 4.57 Å². The molecule has 146 valence electrons. The van der Waals surface area contributed by atoms with Crippen LogP contribution in [-0.4, -0.2) is 60.5 Å². The lowest BCUT2D eigenvalue weighted by molar-refractivity contribution is 0.00873. The summed E-state index contributed by atoms with van der Waals surface area (Å²) in [6, 6.07) is 0.00246. The summed E-state index contributed by atoms with van der Waals surface area (Å²) in [6.07, 6.45) is 9.06. The summed E-state index contributed by atoms with van der Waals surface area (Å²) in [5.74, 6) is 3.11. The largest absolute Gasteiger partial charge is 0.378 e. The zero-order valence-electron chi connectivity index (χ0n) is 15.6. The second kappa shape index (κ2) is 7.46. The Morgan fingerprint density at radius 3 is 2.69 bits per heavy atom. The van der Waals surface area contributed by atoms with Gasteiger partial charge in [0.15, 0.2) is 9.84 Å². The minimum absolute atomic E-state index is 0.00246. The Hall–Kier alpha value is -1.15. The zero-order valence-corrected chi connectivity index (χ0v) is 16.5. The Kier molecular flexibility index (Phi) is 5.23. The van der Waals surface area contributed by atoms with Gasteiger partial charge in [0.1, 0.15) is 5.82 Å². The third kappa shape index (κ3) is 4.22. The van der Waals surface area contributed by atoms with Gasteiger partial charge in [0, 0.05) is 32.7 Å². The van der Waals surface area contributed by atoms with Crippen LogP contribution in [0.4, 0.5) is 5.95 Å². The molecule has 0 N–H and O–H groups in total. The van der Waals surface area contributed by atoms with Crippen LogP contribution in [0, 0.1) is 5.92 Å². The second-order valence-electron chi connectivity index (χ2n) is 8.16. The number of nitrogens with zero attached hydrogens (tertiary/aromatic N) is 4. The molecule has 3 fully saturated rings. The molecule has 2 saturated heterocycles. The molecule has 4 rings (SSSR count). The summed E-state index contributed by atoms with van der Waals surface area (Å²) in [7, 11) is -0.950. The highest BCUT2D eigenvalue weighted by atomic mass is 32.2. The Morgan fingerprint density at radius 1 is 1.19 bits per heavy atom. The Bertz CT molecular complexity index is 723. The van der Waals surface area contributed by atoms with Crippen LogP contribution < -0.4 is 4.90 Å². The molecule has 1 aromatic heterocycles. The van der Waals surface area contributed by atoms with Gasteiger partial charge in [-0.05, 0) is 50.9 Å². The summed E-state index contributed by atoms with van der Waals surface area (Å²) < 4.78 is 31.8. The van der Waals surface area contributed by atoms with Crippen molar-refractivity contribution in [3.63, 3.8) is 0 Å². The van der Waals surface area contributed by atoms with Gasteiger partial charge >= 0.3 is 0 Å². The molecule has 0 spiro atoms. The van der Waals surface area contributed by atoms with E-state index in [1.165, 1.54) is 25.7 Å². The smallest absolute Gasteiger partial charge is 0.227 e. The monoisotopic (exact) mass is 382 g/mol. The fourth-order valence-electron chi connectivity index (χ4n) is 4.10. The van der Waals surface area contributed by atoms with E-state index in [0.29, 0.717) is 12.5 Å². The molecule has 0 aromatic carbocycles. The first-order chi connectivity index (χ1) is 12.5. The number of hydrogen-bond acceptors (Lipinski definition) is 6. The maximum absolute atomic E-state index is 11.9. The third-order valence-corrected chi connectivity index (χ3v) is 7.75. The van der Waals surface area contributed by atoms with Crippen molar-refractivity contribution in [1.29, 1.82) is 0 Å². The molecule has 3 heterocycles. The predicted octanol–water partition coefficient (Wildman–Crippen LogP) is 1.81. The first-order valence-electron chi connectivity index (χ1n) is 9.99. The summed E-state index contributed by atoms with van der Waals surface area (Å²) in [5, 5.41) is 8.93. The van der Waals surface area contributed by atoms with E-state index in [4.69, 9.17) is 4.74 Å². The molecule has 0 amide bonds. The van der Waals surface area contributed by atoms with Crippen LogP contribution in [-0.2, 0) is 27.5 Å². The number of ether oxygens (including phenoxy) is 1. The van der Waals surface area contributed by atoms with Crippen LogP contribution in [0.25, 0.3) is 0 Å². The molecule has 1 aliphatic carbocycles. The SMILES string of the molecule is CN(c1nnc(CC2CC2)n1CCC1CCCCO1)C1CCS(=O)(=O)C1. The molecule has 1 aromatic rings. The van der Waals surface area contributed by atoms with E-state index in [1.54, 1.807) is 0 Å². The lowest BCUT2D eigenvalue weighted by Gasteiger charge is -2.27. The molecule has 7 nitrogen and oxygen atoms in total. The van der Waals surface area contributed by atoms with E-state index in [-0.39, 0.29) is 17.5 Å². The molecular weight excluding hydrogens is 352 g/mol. The standard InChI is InChI=1S/C18H30N4O3S/c1-21(15-8-11-26(23,24)13-15)18-20-19-17(12-14-5-6-14)22(18)9-7-16-4-2-3-10-25-16/h14-16H,2-13H2,1H3. The molecule has 26 heavy (non-hydrogen) atoms. The highest BCUT2D eigenvalue weighted by molar-refractivity contribution is 7.91. The highest BCUT2D eigenvalue weighted by Gasteiger charge is 2.34. The molecule has 0 bridgehead atoms. The molecule has 1 saturated carbocycles. The van der Waals surface area contributed by atoms with Crippen molar-refractivity contribution < 1.29 is 13.2 Å². The minimum Gasteiger partial charge on any atom is -0.378 e. The van der Waals surface area contributed by atoms with Crippen LogP contribution >= 0.6 is 0 Å². The Morgan fingerprint density at radius 2 is 2.04 bits per heavy atom. The van der Waals surface area contributed by atoms with Crippen LogP contribution in [0.15, 0.2) is 0 Å². The van der Waals surface area contributed by atoms with Gasteiger partial charge in [0.25, 0.3) is 0 Å². The van der Waals surface area contributed by atoms with Crippen molar-refractivity contribution in [2.24, 2.45) is 5.92 Å². The van der Waals surface area contributed by atoms with Gasteiger partial charge in [-0.2, -0.15) is 0 Å². The fraction of sp³-hybridized carbons (Fsp3) is 0.889. The van der Waals surface area contributed by atoms with Crippen molar-refractivity contribution in [3.05, 3.63) is 5.82 Å². The Balaban J connectivity index is 1.50. The maximum atomic E-state index is 11.9. The molecule has 2 aliphatic heterocycles. The number of sulfone groups is 1. The van der Waals surface area contributed by atoms with Gasteiger partial charge in [0.05, 0.1) is 17.6 Å². The number of hydrogen-bond donors (Lipinski definition) is 0. The summed E-state index contributed by atoms with van der Waals surface area (Å²) in [5.41, 5.74) is 0. The molecule has 2 atom stereocenters. The van der Waals surface area contributed by atoms with Gasteiger partial charge in [-0.15, -0.1) is 10.2 Å². The van der Waals surface area contributed by atoms with Crippen LogP contribution in [0.1, 0.15) is 50.8 Å².